The van der Waals surface area contributed by atoms with Crippen LogP contribution in [0, 0.1) is 0 Å². The third kappa shape index (κ3) is 1.85. The lowest BCUT2D eigenvalue weighted by atomic mass is 9.93. The number of hydrogen-bond donors (Lipinski definition) is 3. The van der Waals surface area contributed by atoms with Crippen molar-refractivity contribution in [2.24, 2.45) is 4.99 Å². The van der Waals surface area contributed by atoms with E-state index >= 15 is 0 Å². The van der Waals surface area contributed by atoms with Gasteiger partial charge in [-0.1, -0.05) is 30.3 Å². The monoisotopic (exact) mass is 269 g/mol. The number of phenolic OH excluding ortho intramolecular Hbond substituents is 2. The second kappa shape index (κ2) is 4.47. The number of carbonyl (C=O) groups excluding carboxylic acids is 1. The Bertz CT molecular complexity index is 722. The zero-order valence-electron chi connectivity index (χ0n) is 10.3. The van der Waals surface area contributed by atoms with Crippen LogP contribution in [0.25, 0.3) is 0 Å². The lowest BCUT2D eigenvalue weighted by Crippen LogP contribution is -2.33. The van der Waals surface area contributed by atoms with Crippen LogP contribution in [0.4, 0.5) is 5.69 Å². The van der Waals surface area contributed by atoms with E-state index in [2.05, 4.69) is 4.99 Å². The number of nitrogens with zero attached hydrogens (tertiary/aromatic N) is 1. The van der Waals surface area contributed by atoms with Crippen molar-refractivity contribution in [3.63, 3.8) is 0 Å². The Morgan fingerprint density at radius 2 is 1.75 bits per heavy atom. The molecule has 0 saturated heterocycles. The minimum atomic E-state index is -1.43. The highest BCUT2D eigenvalue weighted by molar-refractivity contribution is 6.26. The number of aromatic hydroxyl groups is 2. The second-order valence-electron chi connectivity index (χ2n) is 4.49. The molecule has 20 heavy (non-hydrogen) atoms. The average Bonchev–Trinajstić information content (AvgIpc) is 2.43. The summed E-state index contributed by atoms with van der Waals surface area (Å²) in [4.78, 5) is 16.4. The van der Waals surface area contributed by atoms with Crippen molar-refractivity contribution < 1.29 is 20.1 Å². The topological polar surface area (TPSA) is 90.1 Å². The van der Waals surface area contributed by atoms with Crippen LogP contribution in [0.5, 0.6) is 11.5 Å². The maximum Gasteiger partial charge on any atom is 0.203 e. The van der Waals surface area contributed by atoms with E-state index in [1.165, 1.54) is 6.07 Å². The zero-order chi connectivity index (χ0) is 14.3. The molecule has 3 N–H and O–H groups in total. The van der Waals surface area contributed by atoms with Gasteiger partial charge in [-0.05, 0) is 5.56 Å². The van der Waals surface area contributed by atoms with Crippen molar-refractivity contribution in [2.45, 2.75) is 6.10 Å². The lowest BCUT2D eigenvalue weighted by molar-refractivity contribution is 0.0839. The van der Waals surface area contributed by atoms with Gasteiger partial charge < -0.3 is 15.3 Å². The van der Waals surface area contributed by atoms with Gasteiger partial charge in [0.25, 0.3) is 0 Å². The first-order valence-electron chi connectivity index (χ1n) is 6.00. The fourth-order valence-corrected chi connectivity index (χ4v) is 2.22. The minimum Gasteiger partial charge on any atom is -0.508 e. The molecule has 0 aliphatic carbocycles. The average molecular weight is 269 g/mol. The largest absolute Gasteiger partial charge is 0.508 e. The van der Waals surface area contributed by atoms with E-state index in [0.717, 1.165) is 6.07 Å². The molecule has 0 fully saturated rings. The number of rotatable bonds is 1. The number of ketones is 1. The summed E-state index contributed by atoms with van der Waals surface area (Å²) in [7, 11) is 0. The molecule has 0 bridgehead atoms. The van der Waals surface area contributed by atoms with E-state index in [9.17, 15) is 20.1 Å². The predicted octanol–water partition coefficient (Wildman–Crippen LogP) is 1.78. The van der Waals surface area contributed by atoms with Crippen LogP contribution in [0.15, 0.2) is 47.5 Å². The van der Waals surface area contributed by atoms with E-state index in [1.807, 2.05) is 6.07 Å². The van der Waals surface area contributed by atoms with Crippen molar-refractivity contribution in [3.05, 3.63) is 53.6 Å². The summed E-state index contributed by atoms with van der Waals surface area (Å²) in [5, 5.41) is 29.3. The second-order valence-corrected chi connectivity index (χ2v) is 4.49. The van der Waals surface area contributed by atoms with Gasteiger partial charge in [-0.15, -0.1) is 0 Å². The molecule has 2 aromatic rings. The van der Waals surface area contributed by atoms with Gasteiger partial charge in [0.05, 0.1) is 17.0 Å². The molecule has 3 rings (SSSR count). The highest BCUT2D eigenvalue weighted by atomic mass is 16.3. The first kappa shape index (κ1) is 12.4. The summed E-state index contributed by atoms with van der Waals surface area (Å²) >= 11 is 0. The number of fused-ring (bicyclic) bond motifs is 1. The van der Waals surface area contributed by atoms with Gasteiger partial charge in [0.2, 0.25) is 5.78 Å². The standard InChI is InChI=1S/C15H11NO4/c17-9-6-10-12(11(18)7-9)14(19)15(20)13(16-10)8-4-2-1-3-5-8/h1-7,15,17-18,20H. The summed E-state index contributed by atoms with van der Waals surface area (Å²) in [5.41, 5.74) is 0.890. The summed E-state index contributed by atoms with van der Waals surface area (Å²) in [6.45, 7) is 0. The van der Waals surface area contributed by atoms with E-state index < -0.39 is 11.9 Å². The van der Waals surface area contributed by atoms with Gasteiger partial charge in [-0.2, -0.15) is 0 Å². The van der Waals surface area contributed by atoms with E-state index in [-0.39, 0.29) is 28.5 Å². The molecule has 100 valence electrons. The van der Waals surface area contributed by atoms with E-state index in [1.54, 1.807) is 24.3 Å². The smallest absolute Gasteiger partial charge is 0.203 e. The third-order valence-electron chi connectivity index (χ3n) is 3.15. The SMILES string of the molecule is O=C1c2c(O)cc(O)cc2N=C(c2ccccc2)C1O. The van der Waals surface area contributed by atoms with Crippen LogP contribution < -0.4 is 0 Å². The van der Waals surface area contributed by atoms with Crippen LogP contribution in [0.2, 0.25) is 0 Å². The molecule has 0 spiro atoms. The number of aliphatic hydroxyl groups excluding tert-OH is 1. The van der Waals surface area contributed by atoms with Crippen molar-refractivity contribution in [1.82, 2.24) is 0 Å². The number of carbonyl (C=O) groups is 1. The molecule has 1 heterocycles. The van der Waals surface area contributed by atoms with Crippen molar-refractivity contribution in [2.75, 3.05) is 0 Å². The number of Topliss-reactive ketones (excluding diaryl/α,β-unsaturated/α-hetero) is 1. The fraction of sp³-hybridized carbons (Fsp3) is 0.0667. The zero-order valence-corrected chi connectivity index (χ0v) is 10.3. The number of benzene rings is 2. The van der Waals surface area contributed by atoms with Crippen LogP contribution in [-0.4, -0.2) is 32.9 Å². The summed E-state index contributed by atoms with van der Waals surface area (Å²) < 4.78 is 0. The summed E-state index contributed by atoms with van der Waals surface area (Å²) in [5.74, 6) is -1.21. The molecular formula is C15H11NO4. The highest BCUT2D eigenvalue weighted by Crippen LogP contribution is 2.37. The molecule has 0 aromatic heterocycles. The van der Waals surface area contributed by atoms with Crippen LogP contribution in [0.3, 0.4) is 0 Å². The van der Waals surface area contributed by atoms with E-state index in [4.69, 9.17) is 0 Å². The predicted molar refractivity (Wildman–Crippen MR) is 72.7 cm³/mol. The Balaban J connectivity index is 2.23. The molecule has 5 heteroatoms. The molecule has 1 atom stereocenters. The first-order valence-corrected chi connectivity index (χ1v) is 6.00. The van der Waals surface area contributed by atoms with Crippen LogP contribution >= 0.6 is 0 Å². The molecule has 1 aliphatic heterocycles. The Morgan fingerprint density at radius 3 is 2.45 bits per heavy atom. The number of phenols is 2. The third-order valence-corrected chi connectivity index (χ3v) is 3.15. The molecule has 0 amide bonds. The van der Waals surface area contributed by atoms with Crippen molar-refractivity contribution in [3.8, 4) is 11.5 Å². The van der Waals surface area contributed by atoms with Gasteiger partial charge in [0, 0.05) is 12.1 Å². The van der Waals surface area contributed by atoms with E-state index in [0.29, 0.717) is 5.56 Å². The Morgan fingerprint density at radius 1 is 1.05 bits per heavy atom. The number of aliphatic hydroxyl groups is 1. The van der Waals surface area contributed by atoms with Gasteiger partial charge in [-0.3, -0.25) is 4.79 Å². The molecule has 1 aliphatic rings. The summed E-state index contributed by atoms with van der Waals surface area (Å²) in [6.07, 6.45) is -1.43. The Kier molecular flexibility index (Phi) is 2.76. The van der Waals surface area contributed by atoms with Gasteiger partial charge >= 0.3 is 0 Å². The maximum atomic E-state index is 12.2. The maximum absolute atomic E-state index is 12.2. The quantitative estimate of drug-likeness (QED) is 0.736. The number of aliphatic imine (C=N–C) groups is 1. The molecule has 0 radical (unpaired) electrons. The lowest BCUT2D eigenvalue weighted by Gasteiger charge is -2.20. The molecule has 1 unspecified atom stereocenters. The normalized spacial score (nSPS) is 17.6. The molecular weight excluding hydrogens is 258 g/mol. The van der Waals surface area contributed by atoms with Crippen LogP contribution in [-0.2, 0) is 0 Å². The molecule has 2 aromatic carbocycles. The minimum absolute atomic E-state index is 0.0741. The Labute approximate surface area is 114 Å². The fourth-order valence-electron chi connectivity index (χ4n) is 2.22. The van der Waals surface area contributed by atoms with Gasteiger partial charge in [0.1, 0.15) is 11.5 Å². The summed E-state index contributed by atoms with van der Waals surface area (Å²) in [6, 6.07) is 11.1. The first-order chi connectivity index (χ1) is 9.58. The number of hydrogen-bond acceptors (Lipinski definition) is 5. The molecule has 0 saturated carbocycles. The van der Waals surface area contributed by atoms with Crippen LogP contribution in [0.1, 0.15) is 15.9 Å². The Hall–Kier alpha value is -2.66. The van der Waals surface area contributed by atoms with Gasteiger partial charge in [-0.25, -0.2) is 4.99 Å². The van der Waals surface area contributed by atoms with Crippen molar-refractivity contribution >= 4 is 17.2 Å². The van der Waals surface area contributed by atoms with Gasteiger partial charge in [0.15, 0.2) is 6.10 Å². The molecule has 5 nitrogen and oxygen atoms in total. The van der Waals surface area contributed by atoms with Crippen molar-refractivity contribution in [1.29, 1.82) is 0 Å². The highest BCUT2D eigenvalue weighted by Gasteiger charge is 2.33.